The molecular weight excluding hydrogens is 582 g/mol. The molecule has 46 heavy (non-hydrogen) atoms. The summed E-state index contributed by atoms with van der Waals surface area (Å²) in [7, 11) is 3.86. The Kier molecular flexibility index (Phi) is 13.5. The van der Waals surface area contributed by atoms with Crippen LogP contribution in [0.2, 0.25) is 0 Å². The van der Waals surface area contributed by atoms with E-state index in [4.69, 9.17) is 9.47 Å². The number of aromatic nitrogens is 3. The number of amides is 2. The molecule has 11 heteroatoms. The predicted octanol–water partition coefficient (Wildman–Crippen LogP) is 4.08. The first-order valence-electron chi connectivity index (χ1n) is 16.5. The van der Waals surface area contributed by atoms with E-state index in [2.05, 4.69) is 57.6 Å². The Morgan fingerprint density at radius 3 is 2.41 bits per heavy atom. The average molecular weight is 634 g/mol. The molecule has 4 N–H and O–H groups in total. The number of fused-ring (bicyclic) bond motifs is 1. The van der Waals surface area contributed by atoms with Crippen molar-refractivity contribution in [2.45, 2.75) is 90.1 Å². The SMILES string of the molecule is CNCc1ccc(CNC(=O)COC2CCCCCc3nnn(CCCNC(=O)c4ccc(OCCC(C)(C)NC)cc4)c32)cc1. The number of hydrogen-bond donors (Lipinski definition) is 4. The van der Waals surface area contributed by atoms with Crippen LogP contribution in [0, 0.1) is 0 Å². The van der Waals surface area contributed by atoms with Gasteiger partial charge in [-0.25, -0.2) is 4.68 Å². The van der Waals surface area contributed by atoms with Gasteiger partial charge in [0, 0.05) is 37.3 Å². The maximum Gasteiger partial charge on any atom is 0.251 e. The van der Waals surface area contributed by atoms with Gasteiger partial charge in [-0.3, -0.25) is 9.59 Å². The second-order valence-corrected chi connectivity index (χ2v) is 12.5. The van der Waals surface area contributed by atoms with Crippen LogP contribution in [0.15, 0.2) is 48.5 Å². The number of nitrogens with one attached hydrogen (secondary N) is 4. The summed E-state index contributed by atoms with van der Waals surface area (Å²) in [6.45, 7) is 7.18. The molecule has 250 valence electrons. The maximum absolute atomic E-state index is 12.7. The van der Waals surface area contributed by atoms with Crippen LogP contribution in [0.1, 0.15) is 91.3 Å². The third-order valence-electron chi connectivity index (χ3n) is 8.46. The van der Waals surface area contributed by atoms with E-state index in [1.54, 1.807) is 12.1 Å². The van der Waals surface area contributed by atoms with Crippen LogP contribution < -0.4 is 26.0 Å². The van der Waals surface area contributed by atoms with E-state index in [9.17, 15) is 9.59 Å². The molecule has 0 fully saturated rings. The standard InChI is InChI=1S/C35H51N7O4/c1-35(2,37-4)19-22-45-29-17-15-28(16-18-29)34(44)38-20-8-21-42-33-30(40-41-42)9-6-5-7-10-31(33)46-25-32(43)39-24-27-13-11-26(12-14-27)23-36-3/h11-18,31,36-37H,5-10,19-25H2,1-4H3,(H,38,44)(H,39,43). The fourth-order valence-electron chi connectivity index (χ4n) is 5.34. The second kappa shape index (κ2) is 17.8. The smallest absolute Gasteiger partial charge is 0.251 e. The monoisotopic (exact) mass is 633 g/mol. The minimum atomic E-state index is -0.253. The molecule has 1 unspecified atom stereocenters. The Hall–Kier alpha value is -3.80. The highest BCUT2D eigenvalue weighted by molar-refractivity contribution is 5.94. The summed E-state index contributed by atoms with van der Waals surface area (Å²) in [5.41, 5.74) is 4.73. The quantitative estimate of drug-likeness (QED) is 0.164. The Balaban J connectivity index is 1.24. The molecule has 2 aromatic carbocycles. The van der Waals surface area contributed by atoms with Gasteiger partial charge in [0.1, 0.15) is 18.5 Å². The highest BCUT2D eigenvalue weighted by Gasteiger charge is 2.25. The van der Waals surface area contributed by atoms with Crippen LogP contribution in [0.4, 0.5) is 0 Å². The number of rotatable bonds is 17. The minimum absolute atomic E-state index is 0.00838. The topological polar surface area (TPSA) is 131 Å². The molecule has 2 amide bonds. The van der Waals surface area contributed by atoms with E-state index in [-0.39, 0.29) is 30.1 Å². The summed E-state index contributed by atoms with van der Waals surface area (Å²) in [5, 5.41) is 21.3. The molecule has 1 atom stereocenters. The molecule has 0 spiro atoms. The van der Waals surface area contributed by atoms with Gasteiger partial charge in [0.15, 0.2) is 0 Å². The van der Waals surface area contributed by atoms with Gasteiger partial charge in [-0.2, -0.15) is 0 Å². The van der Waals surface area contributed by atoms with Crippen LogP contribution in [-0.2, 0) is 35.6 Å². The zero-order valence-electron chi connectivity index (χ0n) is 27.9. The largest absolute Gasteiger partial charge is 0.494 e. The number of carbonyl (C=O) groups is 2. The number of nitrogens with zero attached hydrogens (tertiary/aromatic N) is 3. The van der Waals surface area contributed by atoms with Crippen LogP contribution in [0.5, 0.6) is 5.75 Å². The van der Waals surface area contributed by atoms with Crippen molar-refractivity contribution in [3.8, 4) is 5.75 Å². The Labute approximate surface area is 273 Å². The van der Waals surface area contributed by atoms with E-state index in [1.165, 1.54) is 5.56 Å². The number of carbonyl (C=O) groups excluding carboxylic acids is 2. The third kappa shape index (κ3) is 10.9. The molecule has 0 saturated carbocycles. The molecule has 3 aromatic rings. The first-order valence-corrected chi connectivity index (χ1v) is 16.5. The van der Waals surface area contributed by atoms with Gasteiger partial charge in [-0.05, 0) is 95.4 Å². The molecule has 1 aromatic heterocycles. The lowest BCUT2D eigenvalue weighted by Gasteiger charge is -2.23. The molecule has 4 rings (SSSR count). The normalized spacial score (nSPS) is 15.0. The lowest BCUT2D eigenvalue weighted by molar-refractivity contribution is -0.128. The van der Waals surface area contributed by atoms with Crippen molar-refractivity contribution in [3.05, 3.63) is 76.6 Å². The molecular formula is C35H51N7O4. The zero-order valence-corrected chi connectivity index (χ0v) is 27.9. The molecule has 0 saturated heterocycles. The Morgan fingerprint density at radius 2 is 1.70 bits per heavy atom. The minimum Gasteiger partial charge on any atom is -0.494 e. The van der Waals surface area contributed by atoms with Crippen molar-refractivity contribution in [1.82, 2.24) is 36.3 Å². The summed E-state index contributed by atoms with van der Waals surface area (Å²) < 4.78 is 13.9. The van der Waals surface area contributed by atoms with Crippen LogP contribution in [0.3, 0.4) is 0 Å². The first kappa shape index (κ1) is 35.1. The van der Waals surface area contributed by atoms with Gasteiger partial charge in [-0.1, -0.05) is 42.3 Å². The first-order chi connectivity index (χ1) is 22.3. The summed E-state index contributed by atoms with van der Waals surface area (Å²) in [6, 6.07) is 15.4. The summed E-state index contributed by atoms with van der Waals surface area (Å²) >= 11 is 0. The van der Waals surface area contributed by atoms with Gasteiger partial charge in [0.05, 0.1) is 18.0 Å². The predicted molar refractivity (Wildman–Crippen MR) is 179 cm³/mol. The van der Waals surface area contributed by atoms with Crippen molar-refractivity contribution < 1.29 is 19.1 Å². The van der Waals surface area contributed by atoms with E-state index in [0.29, 0.717) is 38.2 Å². The summed E-state index contributed by atoms with van der Waals surface area (Å²) in [6.07, 6.45) is 6.12. The maximum atomic E-state index is 12.7. The Bertz CT molecular complexity index is 1370. The lowest BCUT2D eigenvalue weighted by atomic mass is 9.98. The fourth-order valence-corrected chi connectivity index (χ4v) is 5.34. The number of ether oxygens (including phenoxy) is 2. The molecule has 1 heterocycles. The van der Waals surface area contributed by atoms with E-state index < -0.39 is 0 Å². The van der Waals surface area contributed by atoms with E-state index in [0.717, 1.165) is 67.8 Å². The van der Waals surface area contributed by atoms with E-state index >= 15 is 0 Å². The highest BCUT2D eigenvalue weighted by Crippen LogP contribution is 2.30. The molecule has 0 aliphatic heterocycles. The number of aryl methyl sites for hydroxylation is 2. The van der Waals surface area contributed by atoms with Gasteiger partial charge in [0.25, 0.3) is 5.91 Å². The van der Waals surface area contributed by atoms with Gasteiger partial charge >= 0.3 is 0 Å². The zero-order chi connectivity index (χ0) is 32.8. The van der Waals surface area contributed by atoms with Crippen molar-refractivity contribution in [2.75, 3.05) is 33.9 Å². The molecule has 1 aliphatic rings. The van der Waals surface area contributed by atoms with Gasteiger partial charge in [-0.15, -0.1) is 5.10 Å². The molecule has 0 radical (unpaired) electrons. The summed E-state index contributed by atoms with van der Waals surface area (Å²) in [5.74, 6) is 0.468. The lowest BCUT2D eigenvalue weighted by Crippen LogP contribution is -2.37. The van der Waals surface area contributed by atoms with Gasteiger partial charge in [0.2, 0.25) is 5.91 Å². The van der Waals surface area contributed by atoms with Gasteiger partial charge < -0.3 is 30.7 Å². The second-order valence-electron chi connectivity index (χ2n) is 12.5. The average Bonchev–Trinajstić information content (AvgIpc) is 3.44. The molecule has 11 nitrogen and oxygen atoms in total. The third-order valence-corrected chi connectivity index (χ3v) is 8.46. The summed E-state index contributed by atoms with van der Waals surface area (Å²) in [4.78, 5) is 25.4. The fraction of sp³-hybridized carbons (Fsp3) is 0.543. The van der Waals surface area contributed by atoms with Crippen molar-refractivity contribution in [1.29, 1.82) is 0 Å². The van der Waals surface area contributed by atoms with Crippen LogP contribution in [-0.4, -0.2) is 66.2 Å². The van der Waals surface area contributed by atoms with Crippen molar-refractivity contribution in [2.24, 2.45) is 0 Å². The van der Waals surface area contributed by atoms with Crippen molar-refractivity contribution in [3.63, 3.8) is 0 Å². The Morgan fingerprint density at radius 1 is 0.957 bits per heavy atom. The number of hydrogen-bond acceptors (Lipinski definition) is 8. The highest BCUT2D eigenvalue weighted by atomic mass is 16.5. The van der Waals surface area contributed by atoms with Crippen molar-refractivity contribution >= 4 is 11.8 Å². The number of benzene rings is 2. The molecule has 0 bridgehead atoms. The van der Waals surface area contributed by atoms with Crippen LogP contribution >= 0.6 is 0 Å². The van der Waals surface area contributed by atoms with E-state index in [1.807, 2.05) is 43.0 Å². The van der Waals surface area contributed by atoms with Crippen LogP contribution in [0.25, 0.3) is 0 Å². The molecule has 1 aliphatic carbocycles.